The number of rotatable bonds is 3. The first kappa shape index (κ1) is 17.5. The Hall–Kier alpha value is -2.28. The fourth-order valence-electron chi connectivity index (χ4n) is 3.00. The van der Waals surface area contributed by atoms with Gasteiger partial charge >= 0.3 is 0 Å². The molecule has 1 aliphatic heterocycles. The Labute approximate surface area is 151 Å². The van der Waals surface area contributed by atoms with Gasteiger partial charge in [-0.05, 0) is 24.0 Å². The molecule has 0 saturated carbocycles. The van der Waals surface area contributed by atoms with Crippen LogP contribution in [0.1, 0.15) is 43.3 Å². The molecule has 3 rings (SSSR count). The summed E-state index contributed by atoms with van der Waals surface area (Å²) in [6.45, 7) is 6.19. The van der Waals surface area contributed by atoms with Crippen LogP contribution in [0.5, 0.6) is 0 Å². The summed E-state index contributed by atoms with van der Waals surface area (Å²) in [6, 6.07) is 5.41. The average Bonchev–Trinajstić information content (AvgIpc) is 3.06. The van der Waals surface area contributed by atoms with Crippen LogP contribution in [0.3, 0.4) is 0 Å². The zero-order chi connectivity index (χ0) is 18.0. The van der Waals surface area contributed by atoms with Crippen LogP contribution in [0.2, 0.25) is 0 Å². The fraction of sp³-hybridized carbons (Fsp3) is 0.444. The van der Waals surface area contributed by atoms with Gasteiger partial charge in [-0.15, -0.1) is 11.3 Å². The van der Waals surface area contributed by atoms with Gasteiger partial charge in [-0.25, -0.2) is 4.98 Å². The first-order valence-electron chi connectivity index (χ1n) is 8.32. The van der Waals surface area contributed by atoms with E-state index in [4.69, 9.17) is 0 Å². The molecular formula is C18H22N4O2S. The molecule has 2 atom stereocenters. The van der Waals surface area contributed by atoms with Crippen LogP contribution in [0, 0.1) is 5.41 Å². The Balaban J connectivity index is 1.73. The standard InChI is InChI=1S/C18H22N4O2S/c1-18(2,3)15-11(7-8-14(23)22-15)21-16(24)13-10-20-17(25-13)12-6-4-5-9-19-12/h4-6,9-11,15H,7-8H2,1-3H3,(H,21,24)(H,22,23)/t11-,15-/m1/s1. The van der Waals surface area contributed by atoms with E-state index in [1.165, 1.54) is 11.3 Å². The van der Waals surface area contributed by atoms with Crippen LogP contribution in [-0.4, -0.2) is 33.9 Å². The number of nitrogens with zero attached hydrogens (tertiary/aromatic N) is 2. The normalized spacial score (nSPS) is 20.8. The lowest BCUT2D eigenvalue weighted by molar-refractivity contribution is -0.125. The summed E-state index contributed by atoms with van der Waals surface area (Å²) in [6.07, 6.45) is 4.36. The Kier molecular flexibility index (Phi) is 4.85. The van der Waals surface area contributed by atoms with Crippen molar-refractivity contribution in [2.75, 3.05) is 0 Å². The highest BCUT2D eigenvalue weighted by Gasteiger charge is 2.37. The third-order valence-electron chi connectivity index (χ3n) is 4.26. The van der Waals surface area contributed by atoms with Crippen molar-refractivity contribution >= 4 is 23.2 Å². The maximum absolute atomic E-state index is 12.6. The number of aromatic nitrogens is 2. The minimum Gasteiger partial charge on any atom is -0.351 e. The molecule has 2 amide bonds. The van der Waals surface area contributed by atoms with Crippen LogP contribution in [-0.2, 0) is 4.79 Å². The highest BCUT2D eigenvalue weighted by molar-refractivity contribution is 7.16. The molecule has 0 unspecified atom stereocenters. The van der Waals surface area contributed by atoms with Crippen LogP contribution in [0.4, 0.5) is 0 Å². The predicted octanol–water partition coefficient (Wildman–Crippen LogP) is 2.63. The number of carbonyl (C=O) groups excluding carboxylic acids is 2. The molecular weight excluding hydrogens is 336 g/mol. The van der Waals surface area contributed by atoms with E-state index >= 15 is 0 Å². The topological polar surface area (TPSA) is 84.0 Å². The van der Waals surface area contributed by atoms with Crippen molar-refractivity contribution in [1.29, 1.82) is 0 Å². The molecule has 1 aliphatic rings. The quantitative estimate of drug-likeness (QED) is 0.883. The molecule has 2 aromatic heterocycles. The Bertz CT molecular complexity index is 767. The summed E-state index contributed by atoms with van der Waals surface area (Å²) < 4.78 is 0. The van der Waals surface area contributed by atoms with E-state index in [1.807, 2.05) is 18.2 Å². The van der Waals surface area contributed by atoms with E-state index in [0.717, 1.165) is 10.7 Å². The van der Waals surface area contributed by atoms with Crippen molar-refractivity contribution in [3.8, 4) is 10.7 Å². The average molecular weight is 358 g/mol. The second-order valence-electron chi connectivity index (χ2n) is 7.27. The molecule has 0 spiro atoms. The molecule has 2 aromatic rings. The van der Waals surface area contributed by atoms with E-state index < -0.39 is 0 Å². The van der Waals surface area contributed by atoms with Crippen molar-refractivity contribution < 1.29 is 9.59 Å². The van der Waals surface area contributed by atoms with Gasteiger partial charge in [-0.2, -0.15) is 0 Å². The number of amides is 2. The third-order valence-corrected chi connectivity index (χ3v) is 5.28. The lowest BCUT2D eigenvalue weighted by Gasteiger charge is -2.40. The summed E-state index contributed by atoms with van der Waals surface area (Å²) in [5.74, 6) is -0.115. The minimum atomic E-state index is -0.157. The molecule has 0 radical (unpaired) electrons. The maximum atomic E-state index is 12.6. The SMILES string of the molecule is CC(C)(C)[C@@H]1NC(=O)CC[C@H]1NC(=O)c1cnc(-c2ccccn2)s1. The molecule has 7 heteroatoms. The maximum Gasteiger partial charge on any atom is 0.263 e. The summed E-state index contributed by atoms with van der Waals surface area (Å²) in [5.41, 5.74) is 0.616. The molecule has 0 aromatic carbocycles. The van der Waals surface area contributed by atoms with Gasteiger partial charge in [0.1, 0.15) is 9.88 Å². The lowest BCUT2D eigenvalue weighted by Crippen LogP contribution is -2.60. The van der Waals surface area contributed by atoms with E-state index in [-0.39, 0.29) is 29.3 Å². The highest BCUT2D eigenvalue weighted by Crippen LogP contribution is 2.28. The van der Waals surface area contributed by atoms with Crippen molar-refractivity contribution in [3.63, 3.8) is 0 Å². The summed E-state index contributed by atoms with van der Waals surface area (Å²) in [5, 5.41) is 6.81. The number of carbonyl (C=O) groups is 2. The number of nitrogens with one attached hydrogen (secondary N) is 2. The monoisotopic (exact) mass is 358 g/mol. The van der Waals surface area contributed by atoms with Crippen molar-refractivity contribution in [2.24, 2.45) is 5.41 Å². The van der Waals surface area contributed by atoms with Gasteiger partial charge in [-0.3, -0.25) is 14.6 Å². The van der Waals surface area contributed by atoms with Gasteiger partial charge in [-0.1, -0.05) is 26.8 Å². The predicted molar refractivity (Wildman–Crippen MR) is 97.2 cm³/mol. The van der Waals surface area contributed by atoms with Crippen LogP contribution in [0.25, 0.3) is 10.7 Å². The van der Waals surface area contributed by atoms with Gasteiger partial charge in [0.05, 0.1) is 24.0 Å². The van der Waals surface area contributed by atoms with Gasteiger partial charge in [0.2, 0.25) is 5.91 Å². The number of piperidine rings is 1. The van der Waals surface area contributed by atoms with Gasteiger partial charge < -0.3 is 10.6 Å². The highest BCUT2D eigenvalue weighted by atomic mass is 32.1. The summed E-state index contributed by atoms with van der Waals surface area (Å²) >= 11 is 1.32. The molecule has 3 heterocycles. The van der Waals surface area contributed by atoms with Crippen LogP contribution in [0.15, 0.2) is 30.6 Å². The lowest BCUT2D eigenvalue weighted by atomic mass is 9.78. The molecule has 2 N–H and O–H groups in total. The molecule has 1 saturated heterocycles. The Morgan fingerprint density at radius 3 is 2.80 bits per heavy atom. The molecule has 6 nitrogen and oxygen atoms in total. The molecule has 25 heavy (non-hydrogen) atoms. The number of hydrogen-bond acceptors (Lipinski definition) is 5. The second kappa shape index (κ2) is 6.92. The molecule has 0 bridgehead atoms. The smallest absolute Gasteiger partial charge is 0.263 e. The van der Waals surface area contributed by atoms with E-state index in [2.05, 4.69) is 41.4 Å². The van der Waals surface area contributed by atoms with Gasteiger partial charge in [0.25, 0.3) is 5.91 Å². The number of hydrogen-bond donors (Lipinski definition) is 2. The van der Waals surface area contributed by atoms with Crippen LogP contribution >= 0.6 is 11.3 Å². The van der Waals surface area contributed by atoms with Crippen molar-refractivity contribution in [2.45, 2.75) is 45.7 Å². The third kappa shape index (κ3) is 4.04. The second-order valence-corrected chi connectivity index (χ2v) is 8.31. The summed E-state index contributed by atoms with van der Waals surface area (Å²) in [7, 11) is 0. The van der Waals surface area contributed by atoms with Crippen LogP contribution < -0.4 is 10.6 Å². The first-order chi connectivity index (χ1) is 11.8. The van der Waals surface area contributed by atoms with Crippen molar-refractivity contribution in [3.05, 3.63) is 35.5 Å². The molecule has 1 fully saturated rings. The van der Waals surface area contributed by atoms with E-state index in [9.17, 15) is 9.59 Å². The number of thiazole rings is 1. The first-order valence-corrected chi connectivity index (χ1v) is 9.14. The molecule has 132 valence electrons. The largest absolute Gasteiger partial charge is 0.351 e. The number of pyridine rings is 1. The Morgan fingerprint density at radius 2 is 2.12 bits per heavy atom. The summed E-state index contributed by atoms with van der Waals surface area (Å²) in [4.78, 5) is 33.5. The Morgan fingerprint density at radius 1 is 1.32 bits per heavy atom. The zero-order valence-electron chi connectivity index (χ0n) is 14.6. The van der Waals surface area contributed by atoms with E-state index in [1.54, 1.807) is 12.4 Å². The minimum absolute atomic E-state index is 0.0423. The van der Waals surface area contributed by atoms with E-state index in [0.29, 0.717) is 17.7 Å². The fourth-order valence-corrected chi connectivity index (χ4v) is 3.80. The molecule has 0 aliphatic carbocycles. The van der Waals surface area contributed by atoms with Crippen molar-refractivity contribution in [1.82, 2.24) is 20.6 Å². The van der Waals surface area contributed by atoms with Gasteiger partial charge in [0.15, 0.2) is 0 Å². The zero-order valence-corrected chi connectivity index (χ0v) is 15.4. The van der Waals surface area contributed by atoms with Gasteiger partial charge in [0, 0.05) is 12.6 Å².